The largest absolute Gasteiger partial charge is 0.344 e. The Morgan fingerprint density at radius 3 is 2.88 bits per heavy atom. The van der Waals surface area contributed by atoms with Crippen molar-refractivity contribution in [3.05, 3.63) is 18.5 Å². The van der Waals surface area contributed by atoms with Crippen LogP contribution in [0.15, 0.2) is 18.5 Å². The fraction of sp³-hybridized carbons (Fsp3) is 0.545. The molecule has 0 aliphatic carbocycles. The third kappa shape index (κ3) is 1.79. The van der Waals surface area contributed by atoms with Crippen LogP contribution < -0.4 is 5.32 Å². The standard InChI is InChI=1S/C11H14N4O2/c16-10-3-2-9(13-10)11(17)14-6-8(7-14)15-5-1-4-12-15/h1,4-5,8-9H,2-3,6-7H2,(H,13,16). The first kappa shape index (κ1) is 10.3. The van der Waals surface area contributed by atoms with E-state index in [4.69, 9.17) is 0 Å². The highest BCUT2D eigenvalue weighted by molar-refractivity contribution is 5.91. The highest BCUT2D eigenvalue weighted by atomic mass is 16.2. The summed E-state index contributed by atoms with van der Waals surface area (Å²) in [6.07, 6.45) is 4.74. The summed E-state index contributed by atoms with van der Waals surface area (Å²) >= 11 is 0. The van der Waals surface area contributed by atoms with Gasteiger partial charge in [-0.25, -0.2) is 0 Å². The molecule has 17 heavy (non-hydrogen) atoms. The van der Waals surface area contributed by atoms with Gasteiger partial charge in [0, 0.05) is 31.9 Å². The van der Waals surface area contributed by atoms with E-state index in [2.05, 4.69) is 10.4 Å². The highest BCUT2D eigenvalue weighted by Gasteiger charge is 2.37. The lowest BCUT2D eigenvalue weighted by molar-refractivity contribution is -0.140. The zero-order valence-corrected chi connectivity index (χ0v) is 9.37. The topological polar surface area (TPSA) is 67.2 Å². The average molecular weight is 234 g/mol. The number of aromatic nitrogens is 2. The number of nitrogens with one attached hydrogen (secondary N) is 1. The highest BCUT2D eigenvalue weighted by Crippen LogP contribution is 2.22. The van der Waals surface area contributed by atoms with E-state index in [9.17, 15) is 9.59 Å². The quantitative estimate of drug-likeness (QED) is 0.753. The minimum atomic E-state index is -0.305. The Balaban J connectivity index is 1.55. The third-order valence-corrected chi connectivity index (χ3v) is 3.37. The Bertz CT molecular complexity index is 436. The van der Waals surface area contributed by atoms with Crippen molar-refractivity contribution in [2.24, 2.45) is 0 Å². The van der Waals surface area contributed by atoms with Crippen LogP contribution >= 0.6 is 0 Å². The van der Waals surface area contributed by atoms with Gasteiger partial charge in [-0.2, -0.15) is 5.10 Å². The number of carbonyl (C=O) groups excluding carboxylic acids is 2. The Kier molecular flexibility index (Phi) is 2.35. The van der Waals surface area contributed by atoms with Crippen molar-refractivity contribution in [2.75, 3.05) is 13.1 Å². The molecule has 3 rings (SSSR count). The lowest BCUT2D eigenvalue weighted by Crippen LogP contribution is -2.55. The van der Waals surface area contributed by atoms with Crippen molar-refractivity contribution in [1.82, 2.24) is 20.0 Å². The Morgan fingerprint density at radius 1 is 1.47 bits per heavy atom. The molecule has 2 amide bonds. The summed E-state index contributed by atoms with van der Waals surface area (Å²) in [5.74, 6) is 0.0201. The third-order valence-electron chi connectivity index (χ3n) is 3.37. The van der Waals surface area contributed by atoms with Crippen molar-refractivity contribution in [3.63, 3.8) is 0 Å². The van der Waals surface area contributed by atoms with Gasteiger partial charge in [-0.1, -0.05) is 0 Å². The van der Waals surface area contributed by atoms with E-state index in [0.29, 0.717) is 25.9 Å². The number of nitrogens with zero attached hydrogens (tertiary/aromatic N) is 3. The molecule has 0 spiro atoms. The minimum Gasteiger partial charge on any atom is -0.344 e. The molecule has 0 aromatic carbocycles. The molecule has 1 atom stereocenters. The maximum atomic E-state index is 12.0. The molecule has 2 aliphatic heterocycles. The predicted molar refractivity (Wildman–Crippen MR) is 59.0 cm³/mol. The van der Waals surface area contributed by atoms with Gasteiger partial charge in [0.1, 0.15) is 6.04 Å². The van der Waals surface area contributed by atoms with E-state index >= 15 is 0 Å². The van der Waals surface area contributed by atoms with Crippen LogP contribution in [-0.4, -0.2) is 45.6 Å². The average Bonchev–Trinajstić information content (AvgIpc) is 2.86. The first-order valence-electron chi connectivity index (χ1n) is 5.81. The molecule has 1 aromatic rings. The second-order valence-electron chi connectivity index (χ2n) is 4.54. The van der Waals surface area contributed by atoms with Crippen LogP contribution in [0, 0.1) is 0 Å². The molecular formula is C11H14N4O2. The number of hydrogen-bond acceptors (Lipinski definition) is 3. The van der Waals surface area contributed by atoms with Crippen LogP contribution in [0.3, 0.4) is 0 Å². The number of rotatable bonds is 2. The number of amides is 2. The van der Waals surface area contributed by atoms with Gasteiger partial charge in [-0.15, -0.1) is 0 Å². The SMILES string of the molecule is O=C1CCC(C(=O)N2CC(n3cccn3)C2)N1. The van der Waals surface area contributed by atoms with Gasteiger partial charge in [-0.3, -0.25) is 14.3 Å². The van der Waals surface area contributed by atoms with Crippen LogP contribution in [0.4, 0.5) is 0 Å². The molecular weight excluding hydrogens is 220 g/mol. The summed E-state index contributed by atoms with van der Waals surface area (Å²) < 4.78 is 1.87. The van der Waals surface area contributed by atoms with Gasteiger partial charge >= 0.3 is 0 Å². The van der Waals surface area contributed by atoms with Gasteiger partial charge in [0.05, 0.1) is 6.04 Å². The molecule has 6 heteroatoms. The zero-order valence-electron chi connectivity index (χ0n) is 9.37. The normalized spacial score (nSPS) is 24.6. The molecule has 1 aromatic heterocycles. The number of carbonyl (C=O) groups is 2. The van der Waals surface area contributed by atoms with E-state index in [1.807, 2.05) is 16.9 Å². The maximum absolute atomic E-state index is 12.0. The summed E-state index contributed by atoms with van der Waals surface area (Å²) in [5.41, 5.74) is 0. The van der Waals surface area contributed by atoms with Crippen LogP contribution in [0.1, 0.15) is 18.9 Å². The predicted octanol–water partition coefficient (Wildman–Crippen LogP) is -0.455. The summed E-state index contributed by atoms with van der Waals surface area (Å²) in [6, 6.07) is 1.86. The number of hydrogen-bond donors (Lipinski definition) is 1. The molecule has 2 aliphatic rings. The summed E-state index contributed by atoms with van der Waals surface area (Å²) in [6.45, 7) is 1.37. The fourth-order valence-electron chi connectivity index (χ4n) is 2.32. The van der Waals surface area contributed by atoms with Crippen molar-refractivity contribution in [3.8, 4) is 0 Å². The van der Waals surface area contributed by atoms with Gasteiger partial charge in [0.2, 0.25) is 11.8 Å². The van der Waals surface area contributed by atoms with E-state index in [0.717, 1.165) is 0 Å². The first-order valence-corrected chi connectivity index (χ1v) is 5.81. The molecule has 6 nitrogen and oxygen atoms in total. The second kappa shape index (κ2) is 3.87. The van der Waals surface area contributed by atoms with Crippen LogP contribution in [-0.2, 0) is 9.59 Å². The smallest absolute Gasteiger partial charge is 0.245 e. The van der Waals surface area contributed by atoms with Crippen molar-refractivity contribution >= 4 is 11.8 Å². The summed E-state index contributed by atoms with van der Waals surface area (Å²) in [7, 11) is 0. The molecule has 2 fully saturated rings. The molecule has 90 valence electrons. The van der Waals surface area contributed by atoms with Gasteiger partial charge < -0.3 is 10.2 Å². The summed E-state index contributed by atoms with van der Waals surface area (Å²) in [4.78, 5) is 24.8. The van der Waals surface area contributed by atoms with E-state index in [1.54, 1.807) is 11.1 Å². The molecule has 0 saturated carbocycles. The monoisotopic (exact) mass is 234 g/mol. The van der Waals surface area contributed by atoms with Crippen LogP contribution in [0.2, 0.25) is 0 Å². The van der Waals surface area contributed by atoms with E-state index < -0.39 is 0 Å². The Hall–Kier alpha value is -1.85. The molecule has 2 saturated heterocycles. The summed E-state index contributed by atoms with van der Waals surface area (Å²) in [5, 5.41) is 6.85. The first-order chi connectivity index (χ1) is 8.24. The molecule has 3 heterocycles. The fourth-order valence-corrected chi connectivity index (χ4v) is 2.32. The van der Waals surface area contributed by atoms with Gasteiger partial charge in [0.15, 0.2) is 0 Å². The van der Waals surface area contributed by atoms with Gasteiger partial charge in [-0.05, 0) is 12.5 Å². The lowest BCUT2D eigenvalue weighted by Gasteiger charge is -2.40. The number of likely N-dealkylation sites (tertiary alicyclic amines) is 1. The van der Waals surface area contributed by atoms with E-state index in [-0.39, 0.29) is 23.9 Å². The molecule has 0 bridgehead atoms. The molecule has 1 N–H and O–H groups in total. The lowest BCUT2D eigenvalue weighted by atomic mass is 10.1. The van der Waals surface area contributed by atoms with Crippen molar-refractivity contribution in [2.45, 2.75) is 24.9 Å². The maximum Gasteiger partial charge on any atom is 0.245 e. The second-order valence-corrected chi connectivity index (χ2v) is 4.54. The van der Waals surface area contributed by atoms with Crippen LogP contribution in [0.5, 0.6) is 0 Å². The van der Waals surface area contributed by atoms with Crippen molar-refractivity contribution in [1.29, 1.82) is 0 Å². The zero-order chi connectivity index (χ0) is 11.8. The Morgan fingerprint density at radius 2 is 2.29 bits per heavy atom. The minimum absolute atomic E-state index is 0.0208. The molecule has 1 unspecified atom stereocenters. The molecule has 0 radical (unpaired) electrons. The van der Waals surface area contributed by atoms with Crippen LogP contribution in [0.25, 0.3) is 0 Å². The Labute approximate surface area is 98.6 Å². The van der Waals surface area contributed by atoms with E-state index in [1.165, 1.54) is 0 Å². The van der Waals surface area contributed by atoms with Gasteiger partial charge in [0.25, 0.3) is 0 Å². The van der Waals surface area contributed by atoms with Crippen molar-refractivity contribution < 1.29 is 9.59 Å².